The van der Waals surface area contributed by atoms with Gasteiger partial charge >= 0.3 is 0 Å². The van der Waals surface area contributed by atoms with E-state index in [0.717, 1.165) is 11.8 Å². The maximum atomic E-state index is 3.82. The Labute approximate surface area is 118 Å². The van der Waals surface area contributed by atoms with Gasteiger partial charge in [0, 0.05) is 11.7 Å². The lowest BCUT2D eigenvalue weighted by atomic mass is 9.79. The van der Waals surface area contributed by atoms with E-state index in [1.54, 1.807) is 0 Å². The topological polar surface area (TPSA) is 12.0 Å². The molecule has 0 spiro atoms. The molecule has 2 rings (SSSR count). The molecule has 0 amide bonds. The molecule has 0 aromatic heterocycles. The Morgan fingerprint density at radius 2 is 1.79 bits per heavy atom. The summed E-state index contributed by atoms with van der Waals surface area (Å²) in [4.78, 5) is 0. The minimum Gasteiger partial charge on any atom is -0.382 e. The Morgan fingerprint density at radius 1 is 1.05 bits per heavy atom. The molecule has 0 saturated heterocycles. The van der Waals surface area contributed by atoms with Gasteiger partial charge < -0.3 is 5.32 Å². The summed E-state index contributed by atoms with van der Waals surface area (Å²) in [6.45, 7) is 9.29. The predicted molar refractivity (Wildman–Crippen MR) is 84.7 cm³/mol. The Hall–Kier alpha value is -0.980. The van der Waals surface area contributed by atoms with Crippen LogP contribution in [0.2, 0.25) is 0 Å². The fourth-order valence-corrected chi connectivity index (χ4v) is 3.32. The van der Waals surface area contributed by atoms with Crippen molar-refractivity contribution in [1.29, 1.82) is 0 Å². The zero-order chi connectivity index (χ0) is 13.8. The van der Waals surface area contributed by atoms with E-state index in [9.17, 15) is 0 Å². The molecule has 1 fully saturated rings. The number of nitrogens with one attached hydrogen (secondary N) is 1. The fraction of sp³-hybridized carbons (Fsp3) is 0.667. The Bertz CT molecular complexity index is 394. The van der Waals surface area contributed by atoms with Crippen LogP contribution in [0.15, 0.2) is 24.3 Å². The first kappa shape index (κ1) is 14.4. The zero-order valence-electron chi connectivity index (χ0n) is 12.9. The van der Waals surface area contributed by atoms with Gasteiger partial charge in [-0.25, -0.2) is 0 Å². The second kappa shape index (κ2) is 6.45. The first-order valence-electron chi connectivity index (χ1n) is 7.93. The van der Waals surface area contributed by atoms with Crippen molar-refractivity contribution >= 4 is 5.69 Å². The van der Waals surface area contributed by atoms with Gasteiger partial charge in [-0.1, -0.05) is 58.7 Å². The van der Waals surface area contributed by atoms with Crippen molar-refractivity contribution in [1.82, 2.24) is 0 Å². The molecule has 1 nitrogen and oxygen atoms in total. The van der Waals surface area contributed by atoms with Crippen molar-refractivity contribution in [3.05, 3.63) is 29.8 Å². The number of anilines is 1. The van der Waals surface area contributed by atoms with Crippen LogP contribution in [0.4, 0.5) is 5.69 Å². The van der Waals surface area contributed by atoms with Gasteiger partial charge in [0.25, 0.3) is 0 Å². The van der Waals surface area contributed by atoms with Crippen LogP contribution < -0.4 is 5.32 Å². The van der Waals surface area contributed by atoms with Gasteiger partial charge in [0.15, 0.2) is 0 Å². The lowest BCUT2D eigenvalue weighted by Crippen LogP contribution is -2.29. The molecule has 0 aliphatic heterocycles. The largest absolute Gasteiger partial charge is 0.382 e. The highest BCUT2D eigenvalue weighted by Crippen LogP contribution is 2.33. The number of hydrogen-bond acceptors (Lipinski definition) is 1. The smallest absolute Gasteiger partial charge is 0.0377 e. The van der Waals surface area contributed by atoms with E-state index in [4.69, 9.17) is 0 Å². The molecule has 0 radical (unpaired) electrons. The molecule has 1 N–H and O–H groups in total. The van der Waals surface area contributed by atoms with Gasteiger partial charge in [-0.05, 0) is 42.2 Å². The van der Waals surface area contributed by atoms with Crippen molar-refractivity contribution in [2.75, 3.05) is 5.32 Å². The quantitative estimate of drug-likeness (QED) is 0.759. The summed E-state index contributed by atoms with van der Waals surface area (Å²) in [6.07, 6.45) is 5.46. The van der Waals surface area contributed by atoms with Crippen LogP contribution in [0, 0.1) is 11.8 Å². The third kappa shape index (κ3) is 3.75. The molecule has 1 aliphatic carbocycles. The van der Waals surface area contributed by atoms with Gasteiger partial charge in [-0.3, -0.25) is 0 Å². The lowest BCUT2D eigenvalue weighted by molar-refractivity contribution is 0.264. The molecule has 1 aromatic carbocycles. The molecular formula is C18H29N. The predicted octanol–water partition coefficient (Wildman–Crippen LogP) is 5.44. The SMILES string of the molecule is CC(C)c1ccccc1NC1CCCC(C(C)C)C1. The molecule has 2 unspecified atom stereocenters. The monoisotopic (exact) mass is 259 g/mol. The van der Waals surface area contributed by atoms with Gasteiger partial charge in [0.2, 0.25) is 0 Å². The summed E-state index contributed by atoms with van der Waals surface area (Å²) in [5.41, 5.74) is 2.81. The molecule has 1 aromatic rings. The molecule has 19 heavy (non-hydrogen) atoms. The van der Waals surface area contributed by atoms with Gasteiger partial charge in [-0.15, -0.1) is 0 Å². The average Bonchev–Trinajstić information content (AvgIpc) is 2.39. The van der Waals surface area contributed by atoms with Crippen LogP contribution >= 0.6 is 0 Å². The van der Waals surface area contributed by atoms with E-state index < -0.39 is 0 Å². The summed E-state index contributed by atoms with van der Waals surface area (Å²) in [7, 11) is 0. The third-order valence-corrected chi connectivity index (χ3v) is 4.60. The minimum atomic E-state index is 0.591. The van der Waals surface area contributed by atoms with Gasteiger partial charge in [0.05, 0.1) is 0 Å². The molecule has 1 saturated carbocycles. The highest BCUT2D eigenvalue weighted by atomic mass is 14.9. The molecule has 106 valence electrons. The second-order valence-corrected chi connectivity index (χ2v) is 6.75. The van der Waals surface area contributed by atoms with Crippen molar-refractivity contribution in [2.45, 2.75) is 65.3 Å². The molecular weight excluding hydrogens is 230 g/mol. The summed E-state index contributed by atoms with van der Waals surface area (Å²) in [5, 5.41) is 3.82. The summed E-state index contributed by atoms with van der Waals surface area (Å²) < 4.78 is 0. The van der Waals surface area contributed by atoms with Crippen molar-refractivity contribution in [3.63, 3.8) is 0 Å². The second-order valence-electron chi connectivity index (χ2n) is 6.75. The third-order valence-electron chi connectivity index (χ3n) is 4.60. The Balaban J connectivity index is 2.04. The average molecular weight is 259 g/mol. The molecule has 1 aliphatic rings. The van der Waals surface area contributed by atoms with Crippen molar-refractivity contribution in [2.24, 2.45) is 11.8 Å². The maximum Gasteiger partial charge on any atom is 0.0377 e. The summed E-state index contributed by atoms with van der Waals surface area (Å²) >= 11 is 0. The van der Waals surface area contributed by atoms with E-state index in [2.05, 4.69) is 57.3 Å². The van der Waals surface area contributed by atoms with Crippen LogP contribution in [0.1, 0.15) is 64.9 Å². The zero-order valence-corrected chi connectivity index (χ0v) is 12.9. The lowest BCUT2D eigenvalue weighted by Gasteiger charge is -2.33. The number of para-hydroxylation sites is 1. The molecule has 0 bridgehead atoms. The normalized spacial score (nSPS) is 23.9. The Kier molecular flexibility index (Phi) is 4.90. The van der Waals surface area contributed by atoms with E-state index in [1.165, 1.54) is 36.9 Å². The van der Waals surface area contributed by atoms with Crippen LogP contribution in [0.3, 0.4) is 0 Å². The van der Waals surface area contributed by atoms with Crippen LogP contribution in [-0.2, 0) is 0 Å². The van der Waals surface area contributed by atoms with E-state index in [1.807, 2.05) is 0 Å². The number of hydrogen-bond donors (Lipinski definition) is 1. The molecule has 0 heterocycles. The molecule has 2 atom stereocenters. The summed E-state index contributed by atoms with van der Waals surface area (Å²) in [6, 6.07) is 9.47. The summed E-state index contributed by atoms with van der Waals surface area (Å²) in [5.74, 6) is 2.32. The van der Waals surface area contributed by atoms with Crippen LogP contribution in [0.5, 0.6) is 0 Å². The molecule has 1 heteroatoms. The van der Waals surface area contributed by atoms with E-state index in [0.29, 0.717) is 12.0 Å². The fourth-order valence-electron chi connectivity index (χ4n) is 3.32. The van der Waals surface area contributed by atoms with Crippen LogP contribution in [-0.4, -0.2) is 6.04 Å². The first-order chi connectivity index (χ1) is 9.08. The number of benzene rings is 1. The van der Waals surface area contributed by atoms with E-state index >= 15 is 0 Å². The van der Waals surface area contributed by atoms with Crippen molar-refractivity contribution in [3.8, 4) is 0 Å². The number of rotatable bonds is 4. The highest BCUT2D eigenvalue weighted by molar-refractivity contribution is 5.53. The minimum absolute atomic E-state index is 0.591. The highest BCUT2D eigenvalue weighted by Gasteiger charge is 2.24. The van der Waals surface area contributed by atoms with E-state index in [-0.39, 0.29) is 0 Å². The standard InChI is InChI=1S/C18H29N/c1-13(2)15-8-7-9-16(12-15)19-18-11-6-5-10-17(18)14(3)4/h5-6,10-11,13-16,19H,7-9,12H2,1-4H3. The van der Waals surface area contributed by atoms with Gasteiger partial charge in [0.1, 0.15) is 0 Å². The Morgan fingerprint density at radius 3 is 2.47 bits per heavy atom. The van der Waals surface area contributed by atoms with Crippen LogP contribution in [0.25, 0.3) is 0 Å². The maximum absolute atomic E-state index is 3.82. The first-order valence-corrected chi connectivity index (χ1v) is 7.93. The van der Waals surface area contributed by atoms with Gasteiger partial charge in [-0.2, -0.15) is 0 Å². The van der Waals surface area contributed by atoms with Crippen molar-refractivity contribution < 1.29 is 0 Å².